The predicted octanol–water partition coefficient (Wildman–Crippen LogP) is 3.44. The molecule has 1 aliphatic rings. The fraction of sp³-hybridized carbons (Fsp3) is 0.353. The van der Waals surface area contributed by atoms with Crippen molar-refractivity contribution >= 4 is 5.97 Å². The van der Waals surface area contributed by atoms with Crippen LogP contribution in [0, 0.1) is 13.8 Å². The van der Waals surface area contributed by atoms with Gasteiger partial charge < -0.3 is 18.1 Å². The summed E-state index contributed by atoms with van der Waals surface area (Å²) in [7, 11) is 0. The fourth-order valence-corrected chi connectivity index (χ4v) is 2.90. The molecule has 3 heterocycles. The summed E-state index contributed by atoms with van der Waals surface area (Å²) in [6.45, 7) is 3.89. The zero-order valence-electron chi connectivity index (χ0n) is 13.5. The average molecular weight is 327 g/mol. The van der Waals surface area contributed by atoms with Crippen molar-refractivity contribution < 1.29 is 18.4 Å². The molecular weight excluding hydrogens is 310 g/mol. The van der Waals surface area contributed by atoms with Crippen LogP contribution in [-0.2, 0) is 11.3 Å². The molecule has 0 saturated heterocycles. The minimum absolute atomic E-state index is 0.0698. The van der Waals surface area contributed by atoms with Gasteiger partial charge in [-0.15, -0.1) is 10.2 Å². The van der Waals surface area contributed by atoms with Crippen molar-refractivity contribution in [3.63, 3.8) is 0 Å². The summed E-state index contributed by atoms with van der Waals surface area (Å²) in [4.78, 5) is 12.3. The highest BCUT2D eigenvalue weighted by atomic mass is 16.5. The molecule has 24 heavy (non-hydrogen) atoms. The number of aromatic nitrogens is 3. The first-order chi connectivity index (χ1) is 11.6. The summed E-state index contributed by atoms with van der Waals surface area (Å²) in [6.07, 6.45) is 3.86. The second-order valence-electron chi connectivity index (χ2n) is 5.94. The molecule has 0 radical (unpaired) electrons. The summed E-state index contributed by atoms with van der Waals surface area (Å²) < 4.78 is 18.1. The molecule has 4 rings (SSSR count). The molecule has 0 N–H and O–H groups in total. The van der Waals surface area contributed by atoms with Gasteiger partial charge in [0.2, 0.25) is 0 Å². The van der Waals surface area contributed by atoms with Gasteiger partial charge in [0.05, 0.1) is 11.8 Å². The molecule has 7 nitrogen and oxygen atoms in total. The van der Waals surface area contributed by atoms with Crippen molar-refractivity contribution in [1.29, 1.82) is 0 Å². The molecule has 3 aromatic rings. The topological polar surface area (TPSA) is 83.3 Å². The molecule has 1 saturated carbocycles. The summed E-state index contributed by atoms with van der Waals surface area (Å²) >= 11 is 0. The van der Waals surface area contributed by atoms with Crippen LogP contribution in [0.4, 0.5) is 0 Å². The summed E-state index contributed by atoms with van der Waals surface area (Å²) in [6, 6.07) is 5.85. The highest BCUT2D eigenvalue weighted by Crippen LogP contribution is 2.38. The number of hydrogen-bond donors (Lipinski definition) is 0. The van der Waals surface area contributed by atoms with Crippen molar-refractivity contribution in [2.75, 3.05) is 0 Å². The van der Waals surface area contributed by atoms with Crippen molar-refractivity contribution in [2.24, 2.45) is 0 Å². The van der Waals surface area contributed by atoms with Crippen LogP contribution in [0.1, 0.15) is 46.5 Å². The van der Waals surface area contributed by atoms with Crippen molar-refractivity contribution in [3.8, 4) is 11.7 Å². The summed E-state index contributed by atoms with van der Waals surface area (Å²) in [5.74, 6) is 0.588. The van der Waals surface area contributed by atoms with Gasteiger partial charge >= 0.3 is 5.97 Å². The number of carbonyl (C=O) groups is 1. The SMILES string of the molecule is Cc1cc(C(=O)OCc2nnc(-c3ccco3)o2)c(C)n1C1CC1. The molecule has 1 aliphatic carbocycles. The summed E-state index contributed by atoms with van der Waals surface area (Å²) in [5, 5.41) is 7.73. The lowest BCUT2D eigenvalue weighted by atomic mass is 10.2. The van der Waals surface area contributed by atoms with Crippen LogP contribution in [0.3, 0.4) is 0 Å². The largest absolute Gasteiger partial charge is 0.459 e. The summed E-state index contributed by atoms with van der Waals surface area (Å²) in [5.41, 5.74) is 2.62. The Balaban J connectivity index is 1.44. The Labute approximate surface area is 138 Å². The Kier molecular flexibility index (Phi) is 3.48. The Morgan fingerprint density at radius 3 is 2.92 bits per heavy atom. The third kappa shape index (κ3) is 2.62. The molecular formula is C17H17N3O4. The zero-order chi connectivity index (χ0) is 16.7. The number of carbonyl (C=O) groups excluding carboxylic acids is 1. The van der Waals surface area contributed by atoms with Crippen LogP contribution >= 0.6 is 0 Å². The average Bonchev–Trinajstić information content (AvgIpc) is 3.01. The monoisotopic (exact) mass is 327 g/mol. The lowest BCUT2D eigenvalue weighted by Crippen LogP contribution is -2.07. The maximum atomic E-state index is 12.3. The minimum Gasteiger partial charge on any atom is -0.459 e. The van der Waals surface area contributed by atoms with Gasteiger partial charge in [-0.25, -0.2) is 4.79 Å². The van der Waals surface area contributed by atoms with E-state index in [1.807, 2.05) is 19.9 Å². The van der Waals surface area contributed by atoms with E-state index in [0.717, 1.165) is 11.4 Å². The molecule has 0 bridgehead atoms. The second kappa shape index (κ2) is 5.67. The Hall–Kier alpha value is -2.83. The van der Waals surface area contributed by atoms with Gasteiger partial charge in [0.25, 0.3) is 11.8 Å². The first-order valence-corrected chi connectivity index (χ1v) is 7.85. The Bertz CT molecular complexity index is 872. The Morgan fingerprint density at radius 2 is 2.21 bits per heavy atom. The normalized spacial score (nSPS) is 14.1. The maximum absolute atomic E-state index is 12.3. The molecule has 0 aromatic carbocycles. The van der Waals surface area contributed by atoms with E-state index in [1.54, 1.807) is 12.1 Å². The van der Waals surface area contributed by atoms with Crippen LogP contribution in [0.5, 0.6) is 0 Å². The van der Waals surface area contributed by atoms with Gasteiger partial charge in [0.15, 0.2) is 12.4 Å². The van der Waals surface area contributed by atoms with Gasteiger partial charge in [0, 0.05) is 17.4 Å². The molecule has 7 heteroatoms. The highest BCUT2D eigenvalue weighted by Gasteiger charge is 2.28. The third-order valence-corrected chi connectivity index (χ3v) is 4.14. The van der Waals surface area contributed by atoms with Crippen LogP contribution in [0.2, 0.25) is 0 Å². The molecule has 124 valence electrons. The fourth-order valence-electron chi connectivity index (χ4n) is 2.90. The number of furan rings is 1. The first-order valence-electron chi connectivity index (χ1n) is 7.85. The van der Waals surface area contributed by atoms with Gasteiger partial charge in [-0.05, 0) is 44.9 Å². The molecule has 3 aromatic heterocycles. The van der Waals surface area contributed by atoms with Crippen LogP contribution in [0.15, 0.2) is 33.3 Å². The van der Waals surface area contributed by atoms with Crippen molar-refractivity contribution in [2.45, 2.75) is 39.3 Å². The molecule has 0 unspecified atom stereocenters. The van der Waals surface area contributed by atoms with Gasteiger partial charge in [0.1, 0.15) is 0 Å². The standard InChI is InChI=1S/C17H17N3O4/c1-10-8-13(11(2)20(10)12-5-6-12)17(21)23-9-15-18-19-16(24-15)14-4-3-7-22-14/h3-4,7-8,12H,5-6,9H2,1-2H3. The number of esters is 1. The lowest BCUT2D eigenvalue weighted by molar-refractivity contribution is 0.0437. The van der Waals surface area contributed by atoms with Crippen LogP contribution < -0.4 is 0 Å². The minimum atomic E-state index is -0.382. The second-order valence-corrected chi connectivity index (χ2v) is 5.94. The van der Waals surface area contributed by atoms with E-state index in [-0.39, 0.29) is 24.4 Å². The van der Waals surface area contributed by atoms with E-state index in [1.165, 1.54) is 19.1 Å². The van der Waals surface area contributed by atoms with Gasteiger partial charge in [-0.1, -0.05) is 0 Å². The van der Waals surface area contributed by atoms with E-state index < -0.39 is 0 Å². The van der Waals surface area contributed by atoms with Gasteiger partial charge in [-0.3, -0.25) is 0 Å². The number of rotatable bonds is 5. The zero-order valence-corrected chi connectivity index (χ0v) is 13.5. The molecule has 0 amide bonds. The highest BCUT2D eigenvalue weighted by molar-refractivity contribution is 5.91. The number of hydrogen-bond acceptors (Lipinski definition) is 6. The van der Waals surface area contributed by atoms with Crippen LogP contribution in [-0.4, -0.2) is 20.7 Å². The van der Waals surface area contributed by atoms with E-state index in [0.29, 0.717) is 17.4 Å². The molecule has 0 aliphatic heterocycles. The third-order valence-electron chi connectivity index (χ3n) is 4.14. The Morgan fingerprint density at radius 1 is 1.38 bits per heavy atom. The van der Waals surface area contributed by atoms with E-state index in [4.69, 9.17) is 13.6 Å². The number of nitrogens with zero attached hydrogens (tertiary/aromatic N) is 3. The number of aryl methyl sites for hydroxylation is 1. The van der Waals surface area contributed by atoms with E-state index in [2.05, 4.69) is 14.8 Å². The predicted molar refractivity (Wildman–Crippen MR) is 83.3 cm³/mol. The maximum Gasteiger partial charge on any atom is 0.340 e. The van der Waals surface area contributed by atoms with Crippen molar-refractivity contribution in [3.05, 3.63) is 47.3 Å². The first kappa shape index (κ1) is 14.7. The molecule has 1 fully saturated rings. The smallest absolute Gasteiger partial charge is 0.340 e. The van der Waals surface area contributed by atoms with E-state index in [9.17, 15) is 4.79 Å². The van der Waals surface area contributed by atoms with Crippen molar-refractivity contribution in [1.82, 2.24) is 14.8 Å². The van der Waals surface area contributed by atoms with Crippen LogP contribution in [0.25, 0.3) is 11.7 Å². The molecule has 0 atom stereocenters. The van der Waals surface area contributed by atoms with Gasteiger partial charge in [-0.2, -0.15) is 0 Å². The quantitative estimate of drug-likeness (QED) is 0.668. The van der Waals surface area contributed by atoms with E-state index >= 15 is 0 Å². The molecule has 0 spiro atoms. The lowest BCUT2D eigenvalue weighted by Gasteiger charge is -2.07. The number of ether oxygens (including phenoxy) is 1.